The molecule has 0 bridgehead atoms. The van der Waals surface area contributed by atoms with Gasteiger partial charge in [0, 0.05) is 5.54 Å². The summed E-state index contributed by atoms with van der Waals surface area (Å²) < 4.78 is 13.8. The Morgan fingerprint density at radius 1 is 1.15 bits per heavy atom. The van der Waals surface area contributed by atoms with Gasteiger partial charge in [-0.2, -0.15) is 0 Å². The largest absolute Gasteiger partial charge is 0.338 e. The van der Waals surface area contributed by atoms with Gasteiger partial charge < -0.3 is 10.7 Å². The maximum atomic E-state index is 13.8. The molecule has 100 valence electrons. The highest BCUT2D eigenvalue weighted by Gasteiger charge is 2.40. The van der Waals surface area contributed by atoms with Gasteiger partial charge in [-0.1, -0.05) is 18.2 Å². The zero-order chi connectivity index (χ0) is 13.7. The number of halogens is 1. The Morgan fingerprint density at radius 3 is 2.70 bits per heavy atom. The molecule has 1 saturated carbocycles. The summed E-state index contributed by atoms with van der Waals surface area (Å²) in [5.74, 6) is 0.279. The van der Waals surface area contributed by atoms with Crippen molar-refractivity contribution in [3.05, 3.63) is 53.8 Å². The molecule has 0 amide bonds. The zero-order valence-electron chi connectivity index (χ0n) is 10.9. The third kappa shape index (κ3) is 1.72. The number of aromatic amines is 1. The van der Waals surface area contributed by atoms with E-state index in [-0.39, 0.29) is 11.4 Å². The summed E-state index contributed by atoms with van der Waals surface area (Å²) in [6.07, 6.45) is 2.04. The lowest BCUT2D eigenvalue weighted by Crippen LogP contribution is -2.18. The number of aromatic nitrogens is 2. The number of nitrogens with two attached hydrogens (primary N) is 1. The fourth-order valence-electron chi connectivity index (χ4n) is 2.52. The molecule has 1 heterocycles. The zero-order valence-corrected chi connectivity index (χ0v) is 10.9. The minimum absolute atomic E-state index is 0.169. The van der Waals surface area contributed by atoms with Gasteiger partial charge in [-0.3, -0.25) is 0 Å². The van der Waals surface area contributed by atoms with Crippen LogP contribution in [0.3, 0.4) is 0 Å². The fraction of sp³-hybridized carbons (Fsp3) is 0.188. The number of nitrogens with one attached hydrogen (secondary N) is 1. The molecule has 0 saturated heterocycles. The summed E-state index contributed by atoms with van der Waals surface area (Å²) in [5, 5.41) is 0. The van der Waals surface area contributed by atoms with E-state index in [0.717, 1.165) is 29.4 Å². The summed E-state index contributed by atoms with van der Waals surface area (Å²) in [6.45, 7) is 0. The molecule has 4 rings (SSSR count). The molecule has 3 N–H and O–H groups in total. The van der Waals surface area contributed by atoms with Crippen molar-refractivity contribution in [1.82, 2.24) is 9.97 Å². The molecule has 1 aliphatic carbocycles. The second kappa shape index (κ2) is 3.90. The number of hydrogen-bond acceptors (Lipinski definition) is 2. The van der Waals surface area contributed by atoms with Gasteiger partial charge in [0.1, 0.15) is 11.6 Å². The van der Waals surface area contributed by atoms with E-state index in [2.05, 4.69) is 9.97 Å². The Kier molecular flexibility index (Phi) is 2.26. The molecule has 4 heteroatoms. The smallest absolute Gasteiger partial charge is 0.141 e. The Hall–Kier alpha value is -2.20. The van der Waals surface area contributed by atoms with E-state index < -0.39 is 0 Å². The first kappa shape index (κ1) is 11.6. The number of benzene rings is 2. The summed E-state index contributed by atoms with van der Waals surface area (Å²) in [5.41, 5.74) is 9.37. The van der Waals surface area contributed by atoms with Crippen molar-refractivity contribution in [2.24, 2.45) is 5.73 Å². The number of hydrogen-bond donors (Lipinski definition) is 2. The molecule has 0 radical (unpaired) electrons. The average molecular weight is 267 g/mol. The first-order chi connectivity index (χ1) is 9.66. The molecular formula is C16H14FN3. The fourth-order valence-corrected chi connectivity index (χ4v) is 2.52. The third-order valence-corrected chi connectivity index (χ3v) is 3.97. The van der Waals surface area contributed by atoms with Gasteiger partial charge in [-0.15, -0.1) is 0 Å². The lowest BCUT2D eigenvalue weighted by Gasteiger charge is -2.07. The van der Waals surface area contributed by atoms with Crippen LogP contribution in [0.1, 0.15) is 18.4 Å². The van der Waals surface area contributed by atoms with Gasteiger partial charge in [0.2, 0.25) is 0 Å². The van der Waals surface area contributed by atoms with Crippen molar-refractivity contribution in [1.29, 1.82) is 0 Å². The first-order valence-corrected chi connectivity index (χ1v) is 6.70. The van der Waals surface area contributed by atoms with Gasteiger partial charge in [-0.25, -0.2) is 9.37 Å². The molecular weight excluding hydrogens is 253 g/mol. The number of imidazole rings is 1. The van der Waals surface area contributed by atoms with Crippen molar-refractivity contribution in [3.63, 3.8) is 0 Å². The maximum absolute atomic E-state index is 13.8. The quantitative estimate of drug-likeness (QED) is 0.748. The van der Waals surface area contributed by atoms with E-state index >= 15 is 0 Å². The summed E-state index contributed by atoms with van der Waals surface area (Å²) >= 11 is 0. The Bertz CT molecular complexity index is 802. The van der Waals surface area contributed by atoms with Crippen molar-refractivity contribution >= 4 is 11.0 Å². The molecule has 0 unspecified atom stereocenters. The van der Waals surface area contributed by atoms with Crippen LogP contribution in [0.2, 0.25) is 0 Å². The molecule has 1 aromatic heterocycles. The molecule has 3 nitrogen and oxygen atoms in total. The highest BCUT2D eigenvalue weighted by molar-refractivity contribution is 5.80. The number of rotatable bonds is 2. The van der Waals surface area contributed by atoms with Crippen LogP contribution in [0.15, 0.2) is 42.5 Å². The minimum atomic E-state index is -0.274. The highest BCUT2D eigenvalue weighted by Crippen LogP contribution is 2.43. The van der Waals surface area contributed by atoms with Gasteiger partial charge in [0.15, 0.2) is 0 Å². The van der Waals surface area contributed by atoms with Crippen molar-refractivity contribution in [3.8, 4) is 11.4 Å². The number of nitrogens with zero attached hydrogens (tertiary/aromatic N) is 1. The molecule has 1 aliphatic rings. The van der Waals surface area contributed by atoms with Crippen molar-refractivity contribution in [2.75, 3.05) is 0 Å². The first-order valence-electron chi connectivity index (χ1n) is 6.70. The second-order valence-corrected chi connectivity index (χ2v) is 5.45. The molecule has 1 fully saturated rings. The van der Waals surface area contributed by atoms with Gasteiger partial charge in [0.25, 0.3) is 0 Å². The van der Waals surface area contributed by atoms with Crippen LogP contribution >= 0.6 is 0 Å². The second-order valence-electron chi connectivity index (χ2n) is 5.45. The predicted octanol–water partition coefficient (Wildman–Crippen LogP) is 3.32. The van der Waals surface area contributed by atoms with Crippen LogP contribution in [0, 0.1) is 5.82 Å². The normalized spacial score (nSPS) is 16.5. The number of fused-ring (bicyclic) bond motifs is 1. The predicted molar refractivity (Wildman–Crippen MR) is 76.6 cm³/mol. The summed E-state index contributed by atoms with van der Waals surface area (Å²) in [7, 11) is 0. The topological polar surface area (TPSA) is 54.7 Å². The Balaban J connectivity index is 1.85. The highest BCUT2D eigenvalue weighted by atomic mass is 19.1. The average Bonchev–Trinajstić information content (AvgIpc) is 3.06. The van der Waals surface area contributed by atoms with Crippen molar-refractivity contribution < 1.29 is 4.39 Å². The number of H-pyrrole nitrogens is 1. The lowest BCUT2D eigenvalue weighted by molar-refractivity contribution is 0.630. The van der Waals surface area contributed by atoms with E-state index in [1.165, 1.54) is 6.07 Å². The van der Waals surface area contributed by atoms with E-state index in [0.29, 0.717) is 11.4 Å². The van der Waals surface area contributed by atoms with Crippen LogP contribution < -0.4 is 5.73 Å². The van der Waals surface area contributed by atoms with Crippen LogP contribution in [0.25, 0.3) is 22.4 Å². The standard InChI is InChI=1S/C16H14FN3/c17-12-4-2-1-3-11(12)15-19-13-6-5-10(9-14(13)20-15)16(18)7-8-16/h1-6,9H,7-8,18H2,(H,19,20). The van der Waals surface area contributed by atoms with Crippen LogP contribution in [-0.4, -0.2) is 9.97 Å². The SMILES string of the molecule is NC1(c2ccc3nc(-c4ccccc4F)[nH]c3c2)CC1. The minimum Gasteiger partial charge on any atom is -0.338 e. The van der Waals surface area contributed by atoms with Crippen LogP contribution in [0.5, 0.6) is 0 Å². The molecule has 2 aromatic carbocycles. The molecule has 20 heavy (non-hydrogen) atoms. The van der Waals surface area contributed by atoms with Crippen molar-refractivity contribution in [2.45, 2.75) is 18.4 Å². The van der Waals surface area contributed by atoms with Crippen LogP contribution in [0.4, 0.5) is 4.39 Å². The third-order valence-electron chi connectivity index (χ3n) is 3.97. The molecule has 0 spiro atoms. The lowest BCUT2D eigenvalue weighted by atomic mass is 10.1. The summed E-state index contributed by atoms with van der Waals surface area (Å²) in [4.78, 5) is 7.64. The van der Waals surface area contributed by atoms with Crippen LogP contribution in [-0.2, 0) is 5.54 Å². The van der Waals surface area contributed by atoms with E-state index in [1.807, 2.05) is 18.2 Å². The summed E-state index contributed by atoms with van der Waals surface area (Å²) in [6, 6.07) is 12.6. The monoisotopic (exact) mass is 267 g/mol. The van der Waals surface area contributed by atoms with Gasteiger partial charge in [-0.05, 0) is 42.7 Å². The Labute approximate surface area is 115 Å². The Morgan fingerprint density at radius 2 is 1.95 bits per heavy atom. The molecule has 0 aliphatic heterocycles. The molecule has 3 aromatic rings. The maximum Gasteiger partial charge on any atom is 0.141 e. The van der Waals surface area contributed by atoms with Gasteiger partial charge >= 0.3 is 0 Å². The van der Waals surface area contributed by atoms with E-state index in [4.69, 9.17) is 5.73 Å². The van der Waals surface area contributed by atoms with E-state index in [1.54, 1.807) is 18.2 Å². The van der Waals surface area contributed by atoms with E-state index in [9.17, 15) is 4.39 Å². The molecule has 0 atom stereocenters. The van der Waals surface area contributed by atoms with Gasteiger partial charge in [0.05, 0.1) is 16.6 Å².